The second-order valence-electron chi connectivity index (χ2n) is 6.87. The molecule has 1 aliphatic rings. The van der Waals surface area contributed by atoms with Crippen molar-refractivity contribution in [2.24, 2.45) is 0 Å². The van der Waals surface area contributed by atoms with Crippen LogP contribution < -0.4 is 0 Å². The number of nitrogens with zero attached hydrogens (tertiary/aromatic N) is 2. The fraction of sp³-hybridized carbons (Fsp3) is 0.273. The molecule has 0 saturated carbocycles. The third kappa shape index (κ3) is 2.62. The van der Waals surface area contributed by atoms with E-state index in [1.807, 2.05) is 73.0 Å². The highest BCUT2D eigenvalue weighted by molar-refractivity contribution is 6.01. The maximum Gasteiger partial charge on any atom is 0.331 e. The number of carbonyl (C=O) groups is 2. The molecule has 3 aromatic rings. The van der Waals surface area contributed by atoms with Crippen molar-refractivity contribution < 1.29 is 14.3 Å². The lowest BCUT2D eigenvalue weighted by Crippen LogP contribution is -2.47. The van der Waals surface area contributed by atoms with Crippen LogP contribution >= 0.6 is 0 Å². The van der Waals surface area contributed by atoms with Crippen LogP contribution in [0.1, 0.15) is 40.6 Å². The van der Waals surface area contributed by atoms with Crippen molar-refractivity contribution in [2.75, 3.05) is 13.7 Å². The number of esters is 1. The van der Waals surface area contributed by atoms with Crippen LogP contribution in [0, 0.1) is 6.92 Å². The van der Waals surface area contributed by atoms with Gasteiger partial charge in [-0.15, -0.1) is 0 Å². The average Bonchev–Trinajstić information content (AvgIpc) is 3.08. The van der Waals surface area contributed by atoms with Gasteiger partial charge >= 0.3 is 5.97 Å². The normalized spacial score (nSPS) is 19.2. The van der Waals surface area contributed by atoms with Gasteiger partial charge in [0, 0.05) is 17.4 Å². The summed E-state index contributed by atoms with van der Waals surface area (Å²) in [6, 6.07) is 16.5. The van der Waals surface area contributed by atoms with E-state index >= 15 is 0 Å². The highest BCUT2D eigenvalue weighted by Crippen LogP contribution is 2.42. The Labute approximate surface area is 158 Å². The van der Waals surface area contributed by atoms with Crippen LogP contribution in [0.3, 0.4) is 0 Å². The van der Waals surface area contributed by atoms with E-state index in [9.17, 15) is 9.59 Å². The molecule has 2 heterocycles. The van der Waals surface area contributed by atoms with Gasteiger partial charge in [-0.3, -0.25) is 4.79 Å². The van der Waals surface area contributed by atoms with Gasteiger partial charge in [-0.05, 0) is 31.5 Å². The predicted molar refractivity (Wildman–Crippen MR) is 104 cm³/mol. The quantitative estimate of drug-likeness (QED) is 0.665. The number of para-hydroxylation sites is 1. The fourth-order valence-electron chi connectivity index (χ4n) is 4.05. The Kier molecular flexibility index (Phi) is 4.22. The largest absolute Gasteiger partial charge is 0.467 e. The van der Waals surface area contributed by atoms with Gasteiger partial charge < -0.3 is 14.2 Å². The van der Waals surface area contributed by atoms with E-state index in [0.29, 0.717) is 12.2 Å². The summed E-state index contributed by atoms with van der Waals surface area (Å²) in [7, 11) is 1.40. The van der Waals surface area contributed by atoms with E-state index in [1.54, 1.807) is 4.90 Å². The number of carbonyl (C=O) groups excluding carboxylic acids is 2. The molecule has 27 heavy (non-hydrogen) atoms. The zero-order chi connectivity index (χ0) is 19.1. The van der Waals surface area contributed by atoms with Crippen LogP contribution in [0.25, 0.3) is 10.9 Å². The van der Waals surface area contributed by atoms with Gasteiger partial charge in [-0.2, -0.15) is 0 Å². The van der Waals surface area contributed by atoms with Crippen LogP contribution in [0.4, 0.5) is 0 Å². The Bertz CT molecular complexity index is 1020. The van der Waals surface area contributed by atoms with Crippen LogP contribution in [-0.4, -0.2) is 35.0 Å². The molecule has 1 amide bonds. The Balaban J connectivity index is 2.00. The molecule has 0 spiro atoms. The van der Waals surface area contributed by atoms with Crippen molar-refractivity contribution in [3.8, 4) is 0 Å². The van der Waals surface area contributed by atoms with Crippen molar-refractivity contribution in [1.29, 1.82) is 0 Å². The monoisotopic (exact) mass is 362 g/mol. The van der Waals surface area contributed by atoms with Crippen molar-refractivity contribution in [3.05, 3.63) is 71.4 Å². The fourth-order valence-corrected chi connectivity index (χ4v) is 4.05. The van der Waals surface area contributed by atoms with E-state index in [-0.39, 0.29) is 11.9 Å². The molecule has 2 atom stereocenters. The Hall–Kier alpha value is -3.08. The van der Waals surface area contributed by atoms with Crippen LogP contribution in [0.15, 0.2) is 54.6 Å². The molecule has 5 heteroatoms. The number of hydrogen-bond acceptors (Lipinski definition) is 3. The lowest BCUT2D eigenvalue weighted by atomic mass is 9.93. The first-order valence-electron chi connectivity index (χ1n) is 9.12. The Morgan fingerprint density at radius 2 is 1.81 bits per heavy atom. The molecule has 0 bridgehead atoms. The molecule has 0 saturated heterocycles. The van der Waals surface area contributed by atoms with E-state index < -0.39 is 12.1 Å². The van der Waals surface area contributed by atoms with Gasteiger partial charge in [0.15, 0.2) is 6.04 Å². The van der Waals surface area contributed by atoms with E-state index in [1.165, 1.54) is 7.11 Å². The molecule has 2 aromatic carbocycles. The first-order valence-corrected chi connectivity index (χ1v) is 9.12. The molecule has 0 N–H and O–H groups in total. The molecule has 4 rings (SSSR count). The average molecular weight is 362 g/mol. The number of amides is 1. The summed E-state index contributed by atoms with van der Waals surface area (Å²) in [5.41, 5.74) is 3.45. The van der Waals surface area contributed by atoms with E-state index in [4.69, 9.17) is 4.74 Å². The predicted octanol–water partition coefficient (Wildman–Crippen LogP) is 3.88. The SMILES string of the molecule is CCN1C(=O)c2cc3ccccc3n2[C@H](C(=O)OC)[C@H]1c1ccc(C)cc1. The highest BCUT2D eigenvalue weighted by atomic mass is 16.5. The molecule has 0 fully saturated rings. The summed E-state index contributed by atoms with van der Waals surface area (Å²) in [5, 5.41) is 0.940. The Morgan fingerprint density at radius 1 is 1.11 bits per heavy atom. The maximum atomic E-state index is 13.3. The maximum absolute atomic E-state index is 13.3. The van der Waals surface area contributed by atoms with Crippen molar-refractivity contribution in [3.63, 3.8) is 0 Å². The van der Waals surface area contributed by atoms with Crippen molar-refractivity contribution >= 4 is 22.8 Å². The van der Waals surface area contributed by atoms with Crippen molar-refractivity contribution in [1.82, 2.24) is 9.47 Å². The van der Waals surface area contributed by atoms with Gasteiger partial charge in [-0.1, -0.05) is 48.0 Å². The number of benzene rings is 2. The van der Waals surface area contributed by atoms with Crippen molar-refractivity contribution in [2.45, 2.75) is 25.9 Å². The zero-order valence-corrected chi connectivity index (χ0v) is 15.7. The molecule has 0 radical (unpaired) electrons. The second kappa shape index (κ2) is 6.58. The molecular weight excluding hydrogens is 340 g/mol. The molecule has 5 nitrogen and oxygen atoms in total. The highest BCUT2D eigenvalue weighted by Gasteiger charge is 2.45. The smallest absolute Gasteiger partial charge is 0.331 e. The molecule has 1 aliphatic heterocycles. The summed E-state index contributed by atoms with van der Waals surface area (Å²) < 4.78 is 7.02. The summed E-state index contributed by atoms with van der Waals surface area (Å²) in [6.45, 7) is 4.46. The molecular formula is C22H22N2O3. The minimum atomic E-state index is -0.634. The number of rotatable bonds is 3. The molecule has 0 aliphatic carbocycles. The van der Waals surface area contributed by atoms with Gasteiger partial charge in [0.2, 0.25) is 0 Å². The molecule has 138 valence electrons. The van der Waals surface area contributed by atoms with Crippen LogP contribution in [0.5, 0.6) is 0 Å². The number of hydrogen-bond donors (Lipinski definition) is 0. The summed E-state index contributed by atoms with van der Waals surface area (Å²) in [4.78, 5) is 28.0. The summed E-state index contributed by atoms with van der Waals surface area (Å²) in [6.07, 6.45) is 0. The van der Waals surface area contributed by atoms with Gasteiger partial charge in [-0.25, -0.2) is 4.79 Å². The number of aromatic nitrogens is 1. The van der Waals surface area contributed by atoms with Gasteiger partial charge in [0.1, 0.15) is 5.69 Å². The number of methoxy groups -OCH3 is 1. The third-order valence-corrected chi connectivity index (χ3v) is 5.34. The number of aryl methyl sites for hydroxylation is 1. The van der Waals surface area contributed by atoms with E-state index in [2.05, 4.69) is 0 Å². The topological polar surface area (TPSA) is 51.5 Å². The standard InChI is InChI=1S/C22H22N2O3/c1-4-23-19(15-11-9-14(2)10-12-15)20(22(26)27-3)24-17-8-6-5-7-16(17)13-18(24)21(23)25/h5-13,19-20H,4H2,1-3H3/t19-,20+/m1/s1. The minimum absolute atomic E-state index is 0.0700. The number of fused-ring (bicyclic) bond motifs is 3. The molecule has 0 unspecified atom stereocenters. The minimum Gasteiger partial charge on any atom is -0.467 e. The van der Waals surface area contributed by atoms with Gasteiger partial charge in [0.05, 0.1) is 13.2 Å². The first-order chi connectivity index (χ1) is 13.1. The lowest BCUT2D eigenvalue weighted by molar-refractivity contribution is -0.147. The lowest BCUT2D eigenvalue weighted by Gasteiger charge is -2.41. The van der Waals surface area contributed by atoms with Crippen LogP contribution in [-0.2, 0) is 9.53 Å². The summed E-state index contributed by atoms with van der Waals surface area (Å²) >= 11 is 0. The summed E-state index contributed by atoms with van der Waals surface area (Å²) in [5.74, 6) is -0.423. The zero-order valence-electron chi connectivity index (χ0n) is 15.7. The number of ether oxygens (including phenoxy) is 1. The first kappa shape index (κ1) is 17.3. The third-order valence-electron chi connectivity index (χ3n) is 5.34. The Morgan fingerprint density at radius 3 is 2.48 bits per heavy atom. The second-order valence-corrected chi connectivity index (χ2v) is 6.87. The van der Waals surface area contributed by atoms with Gasteiger partial charge in [0.25, 0.3) is 5.91 Å². The van der Waals surface area contributed by atoms with Crippen LogP contribution in [0.2, 0.25) is 0 Å². The number of likely N-dealkylation sites (N-methyl/N-ethyl adjacent to an activating group) is 1. The molecule has 1 aromatic heterocycles. The van der Waals surface area contributed by atoms with E-state index in [0.717, 1.165) is 22.0 Å².